The summed E-state index contributed by atoms with van der Waals surface area (Å²) in [7, 11) is 3.54. The van der Waals surface area contributed by atoms with Gasteiger partial charge in [0.05, 0.1) is 25.0 Å². The van der Waals surface area contributed by atoms with E-state index in [-0.39, 0.29) is 5.91 Å². The number of imidazole rings is 1. The molecule has 3 aromatic rings. The summed E-state index contributed by atoms with van der Waals surface area (Å²) < 4.78 is 7.04. The Morgan fingerprint density at radius 3 is 2.81 bits per heavy atom. The van der Waals surface area contributed by atoms with Gasteiger partial charge in [-0.3, -0.25) is 4.79 Å². The molecule has 0 saturated heterocycles. The maximum Gasteiger partial charge on any atom is 0.223 e. The van der Waals surface area contributed by atoms with Crippen LogP contribution in [0.5, 0.6) is 5.75 Å². The van der Waals surface area contributed by atoms with Crippen molar-refractivity contribution in [3.05, 3.63) is 47.8 Å². The van der Waals surface area contributed by atoms with Crippen molar-refractivity contribution in [2.45, 2.75) is 25.8 Å². The number of aryl methyl sites for hydroxylation is 2. The first-order valence-corrected chi connectivity index (χ1v) is 8.97. The van der Waals surface area contributed by atoms with Gasteiger partial charge in [-0.1, -0.05) is 0 Å². The highest BCUT2D eigenvalue weighted by Crippen LogP contribution is 2.24. The van der Waals surface area contributed by atoms with E-state index in [1.807, 2.05) is 40.8 Å². The summed E-state index contributed by atoms with van der Waals surface area (Å²) in [6.07, 6.45) is 3.44. The number of amides is 1. The van der Waals surface area contributed by atoms with Gasteiger partial charge < -0.3 is 19.2 Å². The molecule has 1 aromatic carbocycles. The highest BCUT2D eigenvalue weighted by Gasteiger charge is 2.24. The smallest absolute Gasteiger partial charge is 0.223 e. The van der Waals surface area contributed by atoms with Crippen molar-refractivity contribution in [1.82, 2.24) is 29.6 Å². The number of carbonyl (C=O) groups is 1. The van der Waals surface area contributed by atoms with E-state index in [9.17, 15) is 4.79 Å². The molecule has 0 bridgehead atoms. The van der Waals surface area contributed by atoms with E-state index in [0.717, 1.165) is 40.8 Å². The normalized spacial score (nSPS) is 13.5. The number of benzene rings is 1. The molecule has 3 heterocycles. The Labute approximate surface area is 157 Å². The van der Waals surface area contributed by atoms with Gasteiger partial charge in [0.2, 0.25) is 5.91 Å². The van der Waals surface area contributed by atoms with E-state index in [2.05, 4.69) is 15.2 Å². The summed E-state index contributed by atoms with van der Waals surface area (Å²) >= 11 is 0. The molecule has 1 N–H and O–H groups in total. The Morgan fingerprint density at radius 1 is 1.30 bits per heavy atom. The van der Waals surface area contributed by atoms with E-state index in [0.29, 0.717) is 25.9 Å². The Kier molecular flexibility index (Phi) is 4.62. The quantitative estimate of drug-likeness (QED) is 0.743. The molecule has 0 unspecified atom stereocenters. The lowest BCUT2D eigenvalue weighted by atomic mass is 10.1. The van der Waals surface area contributed by atoms with Crippen molar-refractivity contribution >= 4 is 5.91 Å². The standard InChI is InChI=1S/C19H22N6O2/c1-24-12-20-23-17(24)7-8-18(26)25-10-9-15-16(11-25)22-19(21-15)13-3-5-14(27-2)6-4-13/h3-6,12H,7-11H2,1-2H3,(H,21,22). The van der Waals surface area contributed by atoms with Crippen LogP contribution in [0.25, 0.3) is 11.4 Å². The first-order valence-electron chi connectivity index (χ1n) is 8.97. The van der Waals surface area contributed by atoms with Crippen LogP contribution >= 0.6 is 0 Å². The highest BCUT2D eigenvalue weighted by molar-refractivity contribution is 5.76. The average Bonchev–Trinajstić information content (AvgIpc) is 3.31. The van der Waals surface area contributed by atoms with Crippen LogP contribution in [0.3, 0.4) is 0 Å². The number of nitrogens with zero attached hydrogens (tertiary/aromatic N) is 5. The molecule has 0 radical (unpaired) electrons. The van der Waals surface area contributed by atoms with Gasteiger partial charge in [0.1, 0.15) is 23.7 Å². The van der Waals surface area contributed by atoms with Crippen LogP contribution in [-0.4, -0.2) is 49.2 Å². The van der Waals surface area contributed by atoms with Crippen molar-refractivity contribution in [3.8, 4) is 17.1 Å². The van der Waals surface area contributed by atoms with Crippen molar-refractivity contribution in [2.24, 2.45) is 7.05 Å². The molecule has 0 aliphatic carbocycles. The zero-order valence-electron chi connectivity index (χ0n) is 15.5. The third-order valence-corrected chi connectivity index (χ3v) is 4.92. The molecule has 8 heteroatoms. The minimum absolute atomic E-state index is 0.129. The predicted octanol–water partition coefficient (Wildman–Crippen LogP) is 1.73. The van der Waals surface area contributed by atoms with Gasteiger partial charge in [-0.2, -0.15) is 0 Å². The van der Waals surface area contributed by atoms with E-state index in [1.165, 1.54) is 0 Å². The van der Waals surface area contributed by atoms with Gasteiger partial charge >= 0.3 is 0 Å². The Bertz CT molecular complexity index is 944. The highest BCUT2D eigenvalue weighted by atomic mass is 16.5. The van der Waals surface area contributed by atoms with E-state index >= 15 is 0 Å². The fourth-order valence-electron chi connectivity index (χ4n) is 3.30. The minimum atomic E-state index is 0.129. The average molecular weight is 366 g/mol. The molecule has 1 aliphatic rings. The van der Waals surface area contributed by atoms with Gasteiger partial charge in [0, 0.05) is 38.4 Å². The van der Waals surface area contributed by atoms with Crippen LogP contribution in [0.2, 0.25) is 0 Å². The summed E-state index contributed by atoms with van der Waals surface area (Å²) in [5, 5.41) is 7.89. The number of fused-ring (bicyclic) bond motifs is 1. The van der Waals surface area contributed by atoms with Crippen molar-refractivity contribution in [3.63, 3.8) is 0 Å². The number of methoxy groups -OCH3 is 1. The number of aromatic amines is 1. The van der Waals surface area contributed by atoms with Gasteiger partial charge in [-0.05, 0) is 24.3 Å². The summed E-state index contributed by atoms with van der Waals surface area (Å²) in [5.41, 5.74) is 3.06. The predicted molar refractivity (Wildman–Crippen MR) is 99.0 cm³/mol. The molecule has 140 valence electrons. The number of rotatable bonds is 5. The van der Waals surface area contributed by atoms with Gasteiger partial charge in [-0.25, -0.2) is 4.98 Å². The fraction of sp³-hybridized carbons (Fsp3) is 0.368. The molecule has 27 heavy (non-hydrogen) atoms. The van der Waals surface area contributed by atoms with E-state index < -0.39 is 0 Å². The SMILES string of the molecule is COc1ccc(-c2nc3c([nH]2)CN(C(=O)CCc2nncn2C)CC3)cc1. The van der Waals surface area contributed by atoms with Crippen molar-refractivity contribution < 1.29 is 9.53 Å². The molecule has 1 aliphatic heterocycles. The summed E-state index contributed by atoms with van der Waals surface area (Å²) in [6.45, 7) is 1.26. The van der Waals surface area contributed by atoms with Crippen LogP contribution in [-0.2, 0) is 31.2 Å². The van der Waals surface area contributed by atoms with Crippen molar-refractivity contribution in [2.75, 3.05) is 13.7 Å². The topological polar surface area (TPSA) is 88.9 Å². The first kappa shape index (κ1) is 17.3. The van der Waals surface area contributed by atoms with E-state index in [4.69, 9.17) is 9.72 Å². The molecule has 4 rings (SSSR count). The number of aromatic nitrogens is 5. The van der Waals surface area contributed by atoms with Crippen LogP contribution in [0, 0.1) is 0 Å². The largest absolute Gasteiger partial charge is 0.497 e. The molecule has 0 saturated carbocycles. The second-order valence-electron chi connectivity index (χ2n) is 6.66. The molecular formula is C19H22N6O2. The lowest BCUT2D eigenvalue weighted by Gasteiger charge is -2.26. The lowest BCUT2D eigenvalue weighted by molar-refractivity contribution is -0.132. The molecule has 1 amide bonds. The Hall–Kier alpha value is -3.16. The fourth-order valence-corrected chi connectivity index (χ4v) is 3.30. The Morgan fingerprint density at radius 2 is 2.11 bits per heavy atom. The third kappa shape index (κ3) is 3.55. The van der Waals surface area contributed by atoms with Crippen LogP contribution in [0.1, 0.15) is 23.6 Å². The van der Waals surface area contributed by atoms with Crippen LogP contribution in [0.4, 0.5) is 0 Å². The molecular weight excluding hydrogens is 344 g/mol. The monoisotopic (exact) mass is 366 g/mol. The van der Waals surface area contributed by atoms with Crippen LogP contribution in [0.15, 0.2) is 30.6 Å². The molecule has 0 spiro atoms. The lowest BCUT2D eigenvalue weighted by Crippen LogP contribution is -2.36. The maximum absolute atomic E-state index is 12.6. The molecule has 8 nitrogen and oxygen atoms in total. The van der Waals surface area contributed by atoms with Gasteiger partial charge in [-0.15, -0.1) is 10.2 Å². The summed E-state index contributed by atoms with van der Waals surface area (Å²) in [6, 6.07) is 7.79. The summed E-state index contributed by atoms with van der Waals surface area (Å²) in [5.74, 6) is 2.60. The number of ether oxygens (including phenoxy) is 1. The second-order valence-corrected chi connectivity index (χ2v) is 6.66. The maximum atomic E-state index is 12.6. The summed E-state index contributed by atoms with van der Waals surface area (Å²) in [4.78, 5) is 22.6. The van der Waals surface area contributed by atoms with Crippen molar-refractivity contribution in [1.29, 1.82) is 0 Å². The molecule has 0 fully saturated rings. The van der Waals surface area contributed by atoms with E-state index in [1.54, 1.807) is 13.4 Å². The molecule has 0 atom stereocenters. The number of H-pyrrole nitrogens is 1. The second kappa shape index (κ2) is 7.22. The third-order valence-electron chi connectivity index (χ3n) is 4.92. The van der Waals surface area contributed by atoms with Gasteiger partial charge in [0.25, 0.3) is 0 Å². The first-order chi connectivity index (χ1) is 13.1. The molecule has 2 aromatic heterocycles. The zero-order chi connectivity index (χ0) is 18.8. The number of carbonyl (C=O) groups excluding carboxylic acids is 1. The Balaban J connectivity index is 1.42. The number of nitrogens with one attached hydrogen (secondary N) is 1. The number of hydrogen-bond donors (Lipinski definition) is 1. The van der Waals surface area contributed by atoms with Crippen LogP contribution < -0.4 is 4.74 Å². The minimum Gasteiger partial charge on any atom is -0.497 e. The zero-order valence-corrected chi connectivity index (χ0v) is 15.5. The van der Waals surface area contributed by atoms with Gasteiger partial charge in [0.15, 0.2) is 0 Å². The number of hydrogen-bond acceptors (Lipinski definition) is 5.